The standard InChI is InChI=1S/C10H13O2/c1-3-12-10-5-4-9(7-11)6-8(10)2/h4-7,11H,3H2,1-2H3. The van der Waals surface area contributed by atoms with Crippen molar-refractivity contribution in [2.24, 2.45) is 0 Å². The van der Waals surface area contributed by atoms with Gasteiger partial charge in [0.2, 0.25) is 0 Å². The second-order valence-corrected chi connectivity index (χ2v) is 2.59. The van der Waals surface area contributed by atoms with Crippen molar-refractivity contribution in [3.05, 3.63) is 35.9 Å². The van der Waals surface area contributed by atoms with Crippen LogP contribution >= 0.6 is 0 Å². The van der Waals surface area contributed by atoms with Crippen molar-refractivity contribution < 1.29 is 9.84 Å². The summed E-state index contributed by atoms with van der Waals surface area (Å²) in [5, 5.41) is 8.72. The van der Waals surface area contributed by atoms with Gasteiger partial charge in [0.05, 0.1) is 6.61 Å². The van der Waals surface area contributed by atoms with Crippen molar-refractivity contribution >= 4 is 0 Å². The minimum absolute atomic E-state index is 0.670. The lowest BCUT2D eigenvalue weighted by atomic mass is 10.1. The molecule has 0 aliphatic carbocycles. The predicted molar refractivity (Wildman–Crippen MR) is 47.7 cm³/mol. The van der Waals surface area contributed by atoms with Gasteiger partial charge < -0.3 is 9.84 Å². The van der Waals surface area contributed by atoms with Crippen LogP contribution in [0.2, 0.25) is 0 Å². The van der Waals surface area contributed by atoms with Crippen LogP contribution < -0.4 is 4.74 Å². The van der Waals surface area contributed by atoms with Crippen LogP contribution in [-0.4, -0.2) is 11.7 Å². The third-order valence-electron chi connectivity index (χ3n) is 1.65. The van der Waals surface area contributed by atoms with Crippen molar-refractivity contribution in [3.63, 3.8) is 0 Å². The molecule has 0 aliphatic rings. The maximum Gasteiger partial charge on any atom is 0.122 e. The molecule has 1 aromatic rings. The molecule has 1 N–H and O–H groups in total. The van der Waals surface area contributed by atoms with Gasteiger partial charge in [-0.3, -0.25) is 0 Å². The first-order valence-electron chi connectivity index (χ1n) is 3.98. The molecule has 0 atom stereocenters. The third kappa shape index (κ3) is 1.98. The molecule has 0 aromatic heterocycles. The molecule has 0 saturated carbocycles. The molecule has 0 spiro atoms. The summed E-state index contributed by atoms with van der Waals surface area (Å²) in [5.74, 6) is 0.878. The number of rotatable bonds is 3. The summed E-state index contributed by atoms with van der Waals surface area (Å²) in [7, 11) is 0. The van der Waals surface area contributed by atoms with Crippen molar-refractivity contribution in [1.29, 1.82) is 0 Å². The molecule has 0 bridgehead atoms. The van der Waals surface area contributed by atoms with Crippen molar-refractivity contribution in [3.8, 4) is 5.75 Å². The van der Waals surface area contributed by atoms with Crippen LogP contribution in [0.25, 0.3) is 0 Å². The Bertz CT molecular complexity index is 256. The molecule has 1 rings (SSSR count). The maximum absolute atomic E-state index is 8.72. The van der Waals surface area contributed by atoms with E-state index in [2.05, 4.69) is 0 Å². The lowest BCUT2D eigenvalue weighted by Crippen LogP contribution is -1.94. The molecular weight excluding hydrogens is 152 g/mol. The van der Waals surface area contributed by atoms with E-state index >= 15 is 0 Å². The number of hydrogen-bond donors (Lipinski definition) is 1. The highest BCUT2D eigenvalue weighted by Crippen LogP contribution is 2.19. The fourth-order valence-electron chi connectivity index (χ4n) is 1.07. The number of aliphatic hydroxyl groups is 1. The van der Waals surface area contributed by atoms with E-state index in [-0.39, 0.29) is 0 Å². The average Bonchev–Trinajstić information content (AvgIpc) is 2.09. The quantitative estimate of drug-likeness (QED) is 0.744. The second-order valence-electron chi connectivity index (χ2n) is 2.59. The Labute approximate surface area is 72.8 Å². The zero-order valence-corrected chi connectivity index (χ0v) is 7.37. The third-order valence-corrected chi connectivity index (χ3v) is 1.65. The van der Waals surface area contributed by atoms with E-state index < -0.39 is 0 Å². The van der Waals surface area contributed by atoms with Gasteiger partial charge in [0, 0.05) is 0 Å². The number of benzene rings is 1. The number of hydrogen-bond acceptors (Lipinski definition) is 2. The molecule has 0 heterocycles. The summed E-state index contributed by atoms with van der Waals surface area (Å²) in [6.45, 7) is 5.66. The summed E-state index contributed by atoms with van der Waals surface area (Å²) in [6.07, 6.45) is 0. The highest BCUT2D eigenvalue weighted by Gasteiger charge is 1.99. The van der Waals surface area contributed by atoms with Gasteiger partial charge in [-0.15, -0.1) is 0 Å². The Hall–Kier alpha value is -1.02. The fraction of sp³-hybridized carbons (Fsp3) is 0.300. The molecule has 0 unspecified atom stereocenters. The molecule has 1 radical (unpaired) electrons. The van der Waals surface area contributed by atoms with Gasteiger partial charge in [0.25, 0.3) is 0 Å². The fourth-order valence-corrected chi connectivity index (χ4v) is 1.07. The van der Waals surface area contributed by atoms with Gasteiger partial charge in [0.15, 0.2) is 0 Å². The van der Waals surface area contributed by atoms with Gasteiger partial charge in [-0.1, -0.05) is 6.07 Å². The molecule has 2 heteroatoms. The number of aliphatic hydroxyl groups excluding tert-OH is 1. The lowest BCUT2D eigenvalue weighted by molar-refractivity contribution is 0.337. The number of aryl methyl sites for hydroxylation is 1. The molecule has 0 saturated heterocycles. The van der Waals surface area contributed by atoms with E-state index in [1.165, 1.54) is 0 Å². The van der Waals surface area contributed by atoms with Crippen LogP contribution in [0.1, 0.15) is 18.1 Å². The molecule has 65 valence electrons. The Morgan fingerprint density at radius 2 is 2.25 bits per heavy atom. The van der Waals surface area contributed by atoms with E-state index in [0.717, 1.165) is 23.5 Å². The number of ether oxygens (including phenoxy) is 1. The topological polar surface area (TPSA) is 29.5 Å². The molecule has 0 aliphatic heterocycles. The Kier molecular flexibility index (Phi) is 3.11. The van der Waals surface area contributed by atoms with Gasteiger partial charge in [-0.2, -0.15) is 0 Å². The van der Waals surface area contributed by atoms with Gasteiger partial charge in [-0.25, -0.2) is 0 Å². The van der Waals surface area contributed by atoms with Crippen LogP contribution in [0.15, 0.2) is 18.2 Å². The van der Waals surface area contributed by atoms with Crippen LogP contribution in [0.3, 0.4) is 0 Å². The SMILES string of the molecule is CCOc1ccc([CH]O)cc1C. The van der Waals surface area contributed by atoms with Crippen LogP contribution in [0.4, 0.5) is 0 Å². The van der Waals surface area contributed by atoms with Gasteiger partial charge >= 0.3 is 0 Å². The monoisotopic (exact) mass is 165 g/mol. The second kappa shape index (κ2) is 4.12. The van der Waals surface area contributed by atoms with Crippen LogP contribution in [0.5, 0.6) is 5.75 Å². The molecule has 0 amide bonds. The highest BCUT2D eigenvalue weighted by atomic mass is 16.5. The van der Waals surface area contributed by atoms with E-state index in [1.807, 2.05) is 32.0 Å². The first-order valence-corrected chi connectivity index (χ1v) is 3.98. The summed E-state index contributed by atoms with van der Waals surface area (Å²) in [4.78, 5) is 0. The Morgan fingerprint density at radius 1 is 1.50 bits per heavy atom. The van der Waals surface area contributed by atoms with Gasteiger partial charge in [-0.05, 0) is 37.1 Å². The summed E-state index contributed by atoms with van der Waals surface area (Å²) in [5.41, 5.74) is 1.84. The minimum atomic E-state index is 0.670. The van der Waals surface area contributed by atoms with E-state index in [0.29, 0.717) is 6.61 Å². The van der Waals surface area contributed by atoms with E-state index in [9.17, 15) is 0 Å². The van der Waals surface area contributed by atoms with E-state index in [4.69, 9.17) is 9.84 Å². The summed E-state index contributed by atoms with van der Waals surface area (Å²) >= 11 is 0. The first-order chi connectivity index (χ1) is 5.77. The molecule has 0 fully saturated rings. The van der Waals surface area contributed by atoms with Crippen molar-refractivity contribution in [2.45, 2.75) is 13.8 Å². The first kappa shape index (κ1) is 9.07. The molecule has 12 heavy (non-hydrogen) atoms. The maximum atomic E-state index is 8.72. The highest BCUT2D eigenvalue weighted by molar-refractivity contribution is 5.37. The lowest BCUT2D eigenvalue weighted by Gasteiger charge is -2.07. The smallest absolute Gasteiger partial charge is 0.122 e. The Morgan fingerprint density at radius 3 is 2.75 bits per heavy atom. The average molecular weight is 165 g/mol. The normalized spacial score (nSPS) is 9.92. The zero-order valence-electron chi connectivity index (χ0n) is 7.37. The van der Waals surface area contributed by atoms with Crippen molar-refractivity contribution in [1.82, 2.24) is 0 Å². The molecule has 2 nitrogen and oxygen atoms in total. The molecular formula is C10H13O2. The zero-order chi connectivity index (χ0) is 8.97. The minimum Gasteiger partial charge on any atom is -0.494 e. The predicted octanol–water partition coefficient (Wildman–Crippen LogP) is 2.28. The largest absolute Gasteiger partial charge is 0.494 e. The van der Waals surface area contributed by atoms with Crippen molar-refractivity contribution in [2.75, 3.05) is 6.61 Å². The summed E-state index contributed by atoms with van der Waals surface area (Å²) < 4.78 is 5.34. The summed E-state index contributed by atoms with van der Waals surface area (Å²) in [6, 6.07) is 5.56. The van der Waals surface area contributed by atoms with Crippen LogP contribution in [0, 0.1) is 13.5 Å². The van der Waals surface area contributed by atoms with E-state index in [1.54, 1.807) is 0 Å². The molecule has 1 aromatic carbocycles. The van der Waals surface area contributed by atoms with Crippen LogP contribution in [-0.2, 0) is 0 Å². The Balaban J connectivity index is 2.87. The van der Waals surface area contributed by atoms with Gasteiger partial charge in [0.1, 0.15) is 12.4 Å².